The molecule has 0 heterocycles. The van der Waals surface area contributed by atoms with Crippen LogP contribution in [0.4, 0.5) is 0 Å². The van der Waals surface area contributed by atoms with Gasteiger partial charge in [0.05, 0.1) is 6.61 Å². The topological polar surface area (TPSA) is 23.5 Å². The van der Waals surface area contributed by atoms with Crippen molar-refractivity contribution >= 4 is 0 Å². The van der Waals surface area contributed by atoms with E-state index in [2.05, 4.69) is 84.3 Å². The van der Waals surface area contributed by atoms with Gasteiger partial charge >= 0.3 is 0 Å². The molecular weight excluding hydrogens is 342 g/mol. The van der Waals surface area contributed by atoms with Crippen molar-refractivity contribution in [2.75, 3.05) is 6.61 Å². The van der Waals surface area contributed by atoms with Crippen LogP contribution in [0.3, 0.4) is 0 Å². The Morgan fingerprint density at radius 2 is 1.14 bits per heavy atom. The van der Waals surface area contributed by atoms with Gasteiger partial charge in [0.15, 0.2) is 0 Å². The molecule has 28 heavy (non-hydrogen) atoms. The second-order valence-electron chi connectivity index (χ2n) is 7.22. The molecule has 144 valence electrons. The van der Waals surface area contributed by atoms with Gasteiger partial charge < -0.3 is 5.11 Å². The van der Waals surface area contributed by atoms with Crippen LogP contribution >= 0.6 is 0 Å². The molecule has 0 spiro atoms. The van der Waals surface area contributed by atoms with Crippen LogP contribution in [-0.4, -0.2) is 22.7 Å². The van der Waals surface area contributed by atoms with Crippen LogP contribution < -0.4 is 0 Å². The number of aliphatic hydroxyl groups excluding tert-OH is 1. The van der Waals surface area contributed by atoms with E-state index in [1.54, 1.807) is 0 Å². The van der Waals surface area contributed by atoms with Gasteiger partial charge in [0.1, 0.15) is 0 Å². The molecule has 3 aromatic carbocycles. The van der Waals surface area contributed by atoms with Crippen molar-refractivity contribution < 1.29 is 5.11 Å². The van der Waals surface area contributed by atoms with Crippen molar-refractivity contribution in [2.45, 2.75) is 25.6 Å². The third-order valence-corrected chi connectivity index (χ3v) is 5.22. The van der Waals surface area contributed by atoms with Gasteiger partial charge in [-0.05, 0) is 23.1 Å². The number of hydrogen-bond donors (Lipinski definition) is 1. The highest BCUT2D eigenvalue weighted by molar-refractivity contribution is 5.20. The third kappa shape index (κ3) is 5.66. The van der Waals surface area contributed by atoms with E-state index >= 15 is 0 Å². The van der Waals surface area contributed by atoms with Gasteiger partial charge in [0, 0.05) is 25.0 Å². The molecule has 0 fully saturated rings. The summed E-state index contributed by atoms with van der Waals surface area (Å²) < 4.78 is 0. The van der Waals surface area contributed by atoms with Crippen molar-refractivity contribution in [2.24, 2.45) is 5.92 Å². The normalized spacial score (nSPS) is 13.2. The van der Waals surface area contributed by atoms with Crippen molar-refractivity contribution in [3.63, 3.8) is 0 Å². The first kappa shape index (κ1) is 20.1. The first-order valence-corrected chi connectivity index (χ1v) is 9.89. The summed E-state index contributed by atoms with van der Waals surface area (Å²) in [5.41, 5.74) is 3.83. The van der Waals surface area contributed by atoms with E-state index in [1.807, 2.05) is 24.3 Å². The highest BCUT2D eigenvalue weighted by atomic mass is 16.3. The molecule has 2 atom stereocenters. The summed E-state index contributed by atoms with van der Waals surface area (Å²) in [7, 11) is 0. The molecule has 2 heteroatoms. The molecule has 3 aromatic rings. The molecule has 2 nitrogen and oxygen atoms in total. The largest absolute Gasteiger partial charge is 0.396 e. The summed E-state index contributed by atoms with van der Waals surface area (Å²) in [6, 6.07) is 31.8. The first-order valence-electron chi connectivity index (χ1n) is 9.89. The Hall–Kier alpha value is -2.68. The second kappa shape index (κ2) is 10.6. The minimum Gasteiger partial charge on any atom is -0.396 e. The van der Waals surface area contributed by atoms with Crippen molar-refractivity contribution in [1.82, 2.24) is 4.90 Å². The number of aliphatic hydroxyl groups is 1. The molecule has 0 aliphatic heterocycles. The van der Waals surface area contributed by atoms with Crippen LogP contribution in [0.25, 0.3) is 0 Å². The summed E-state index contributed by atoms with van der Waals surface area (Å²) >= 11 is 0. The maximum Gasteiger partial charge on any atom is 0.0508 e. The fourth-order valence-corrected chi connectivity index (χ4v) is 3.69. The van der Waals surface area contributed by atoms with E-state index in [-0.39, 0.29) is 18.6 Å². The van der Waals surface area contributed by atoms with E-state index in [9.17, 15) is 5.11 Å². The minimum atomic E-state index is 0.00707. The summed E-state index contributed by atoms with van der Waals surface area (Å²) in [5, 5.41) is 10.1. The standard InChI is InChI=1S/C26H29NO/c1-2-25(21-28)26(18-22-12-6-3-7-13-22)27(19-23-14-8-4-9-15-23)20-24-16-10-5-11-17-24/h2-17,25-26,28H,1,18-21H2/t25-,26-/m0/s1. The molecule has 0 saturated heterocycles. The van der Waals surface area contributed by atoms with E-state index in [0.717, 1.165) is 19.5 Å². The van der Waals surface area contributed by atoms with Gasteiger partial charge in [-0.1, -0.05) is 97.1 Å². The molecule has 0 aliphatic rings. The fraction of sp³-hybridized carbons (Fsp3) is 0.231. The highest BCUT2D eigenvalue weighted by Gasteiger charge is 2.26. The van der Waals surface area contributed by atoms with E-state index in [0.29, 0.717) is 0 Å². The monoisotopic (exact) mass is 371 g/mol. The van der Waals surface area contributed by atoms with Crippen LogP contribution in [0, 0.1) is 5.92 Å². The van der Waals surface area contributed by atoms with Crippen LogP contribution in [0.5, 0.6) is 0 Å². The van der Waals surface area contributed by atoms with Gasteiger partial charge in [-0.25, -0.2) is 0 Å². The second-order valence-corrected chi connectivity index (χ2v) is 7.22. The molecule has 0 radical (unpaired) electrons. The zero-order valence-electron chi connectivity index (χ0n) is 16.3. The number of nitrogens with zero attached hydrogens (tertiary/aromatic N) is 1. The van der Waals surface area contributed by atoms with Crippen LogP contribution in [0.2, 0.25) is 0 Å². The number of rotatable bonds is 10. The average Bonchev–Trinajstić information content (AvgIpc) is 2.76. The maximum atomic E-state index is 10.1. The van der Waals surface area contributed by atoms with Crippen LogP contribution in [0.1, 0.15) is 16.7 Å². The highest BCUT2D eigenvalue weighted by Crippen LogP contribution is 2.23. The lowest BCUT2D eigenvalue weighted by Crippen LogP contribution is -2.42. The van der Waals surface area contributed by atoms with Gasteiger partial charge in [-0.15, -0.1) is 6.58 Å². The maximum absolute atomic E-state index is 10.1. The van der Waals surface area contributed by atoms with Crippen LogP contribution in [-0.2, 0) is 19.5 Å². The summed E-state index contributed by atoms with van der Waals surface area (Å²) in [6.07, 6.45) is 2.77. The molecular formula is C26H29NO. The molecule has 1 N–H and O–H groups in total. The quantitative estimate of drug-likeness (QED) is 0.502. The molecule has 0 amide bonds. The Balaban J connectivity index is 1.92. The summed E-state index contributed by atoms with van der Waals surface area (Å²) in [6.45, 7) is 5.76. The zero-order valence-corrected chi connectivity index (χ0v) is 16.3. The summed E-state index contributed by atoms with van der Waals surface area (Å²) in [4.78, 5) is 2.47. The van der Waals surface area contributed by atoms with E-state index in [1.165, 1.54) is 16.7 Å². The van der Waals surface area contributed by atoms with Gasteiger partial charge in [0.2, 0.25) is 0 Å². The molecule has 0 bridgehead atoms. The average molecular weight is 372 g/mol. The Bertz CT molecular complexity index is 775. The minimum absolute atomic E-state index is 0.00707. The van der Waals surface area contributed by atoms with E-state index < -0.39 is 0 Å². The van der Waals surface area contributed by atoms with E-state index in [4.69, 9.17) is 0 Å². The molecule has 0 aliphatic carbocycles. The fourth-order valence-electron chi connectivity index (χ4n) is 3.69. The lowest BCUT2D eigenvalue weighted by Gasteiger charge is -2.36. The van der Waals surface area contributed by atoms with Gasteiger partial charge in [0.25, 0.3) is 0 Å². The van der Waals surface area contributed by atoms with Gasteiger partial charge in [-0.3, -0.25) is 4.90 Å². The molecule has 0 saturated carbocycles. The molecule has 3 rings (SSSR count). The summed E-state index contributed by atoms with van der Waals surface area (Å²) in [5.74, 6) is 0.00707. The Kier molecular flexibility index (Phi) is 7.60. The Labute approximate surface area is 168 Å². The zero-order chi connectivity index (χ0) is 19.6. The third-order valence-electron chi connectivity index (χ3n) is 5.22. The predicted molar refractivity (Wildman–Crippen MR) is 117 cm³/mol. The van der Waals surface area contributed by atoms with Crippen LogP contribution in [0.15, 0.2) is 104 Å². The Morgan fingerprint density at radius 1 is 0.714 bits per heavy atom. The van der Waals surface area contributed by atoms with Crippen molar-refractivity contribution in [3.8, 4) is 0 Å². The Morgan fingerprint density at radius 3 is 1.54 bits per heavy atom. The lowest BCUT2D eigenvalue weighted by atomic mass is 9.91. The molecule has 0 aromatic heterocycles. The van der Waals surface area contributed by atoms with Crippen molar-refractivity contribution in [1.29, 1.82) is 0 Å². The molecule has 0 unspecified atom stereocenters. The van der Waals surface area contributed by atoms with Gasteiger partial charge in [-0.2, -0.15) is 0 Å². The lowest BCUT2D eigenvalue weighted by molar-refractivity contribution is 0.106. The smallest absolute Gasteiger partial charge is 0.0508 e. The SMILES string of the molecule is C=C[C@@H](CO)[C@H](Cc1ccccc1)N(Cc1ccccc1)Cc1ccccc1. The first-order chi connectivity index (χ1) is 13.8. The van der Waals surface area contributed by atoms with Crippen molar-refractivity contribution in [3.05, 3.63) is 120 Å². The number of hydrogen-bond acceptors (Lipinski definition) is 2. The predicted octanol–water partition coefficient (Wildman–Crippen LogP) is 5.09. The number of benzene rings is 3.